The molecule has 1 rings (SSSR count). The molecule has 4 N–H and O–H groups in total. The van der Waals surface area contributed by atoms with E-state index in [1.54, 1.807) is 0 Å². The van der Waals surface area contributed by atoms with Gasteiger partial charge in [-0.15, -0.1) is 0 Å². The van der Waals surface area contributed by atoms with E-state index in [1.165, 1.54) is 5.56 Å². The number of nitrogens with two attached hydrogens (primary N) is 1. The van der Waals surface area contributed by atoms with E-state index in [0.29, 0.717) is 13.2 Å². The van der Waals surface area contributed by atoms with E-state index in [0.717, 1.165) is 18.7 Å². The molecule has 0 aliphatic heterocycles. The highest BCUT2D eigenvalue weighted by atomic mass is 16.5. The van der Waals surface area contributed by atoms with Gasteiger partial charge in [-0.1, -0.05) is 12.1 Å². The Labute approximate surface area is 103 Å². The van der Waals surface area contributed by atoms with Gasteiger partial charge >= 0.3 is 0 Å². The van der Waals surface area contributed by atoms with Crippen molar-refractivity contribution in [3.8, 4) is 5.75 Å². The zero-order chi connectivity index (χ0) is 12.5. The number of benzene rings is 1. The summed E-state index contributed by atoms with van der Waals surface area (Å²) in [6.45, 7) is 4.20. The lowest BCUT2D eigenvalue weighted by Gasteiger charge is -2.09. The average Bonchev–Trinajstić information content (AvgIpc) is 2.36. The number of rotatable bonds is 8. The molecule has 0 spiro atoms. The van der Waals surface area contributed by atoms with Crippen LogP contribution in [-0.4, -0.2) is 37.5 Å². The monoisotopic (exact) mass is 238 g/mol. The summed E-state index contributed by atoms with van der Waals surface area (Å²) in [7, 11) is 0. The lowest BCUT2D eigenvalue weighted by atomic mass is 10.1. The minimum Gasteiger partial charge on any atom is -0.494 e. The Morgan fingerprint density at radius 1 is 1.35 bits per heavy atom. The van der Waals surface area contributed by atoms with Crippen LogP contribution in [0.1, 0.15) is 12.5 Å². The highest BCUT2D eigenvalue weighted by Gasteiger charge is 1.99. The van der Waals surface area contributed by atoms with Crippen molar-refractivity contribution in [3.05, 3.63) is 29.8 Å². The number of nitrogens with one attached hydrogen (secondary N) is 1. The van der Waals surface area contributed by atoms with Gasteiger partial charge < -0.3 is 20.9 Å². The van der Waals surface area contributed by atoms with Gasteiger partial charge in [0.05, 0.1) is 13.2 Å². The maximum atomic E-state index is 8.75. The molecule has 0 bridgehead atoms. The molecule has 0 fully saturated rings. The summed E-state index contributed by atoms with van der Waals surface area (Å²) in [5, 5.41) is 12.0. The van der Waals surface area contributed by atoms with Crippen LogP contribution in [0, 0.1) is 0 Å². The third-order valence-electron chi connectivity index (χ3n) is 2.47. The Hall–Kier alpha value is -1.10. The van der Waals surface area contributed by atoms with Crippen molar-refractivity contribution < 1.29 is 9.84 Å². The summed E-state index contributed by atoms with van der Waals surface area (Å²) < 4.78 is 5.37. The quantitative estimate of drug-likeness (QED) is 0.578. The Morgan fingerprint density at radius 2 is 2.06 bits per heavy atom. The van der Waals surface area contributed by atoms with Crippen LogP contribution in [0.25, 0.3) is 0 Å². The highest BCUT2D eigenvalue weighted by molar-refractivity contribution is 5.27. The van der Waals surface area contributed by atoms with E-state index < -0.39 is 0 Å². The average molecular weight is 238 g/mol. The number of hydrogen-bond donors (Lipinski definition) is 3. The molecule has 0 aliphatic carbocycles. The molecule has 1 atom stereocenters. The Morgan fingerprint density at radius 3 is 2.65 bits per heavy atom. The SMILES string of the molecule is CCOc1ccc(CCNCC(N)CO)cc1. The predicted octanol–water partition coefficient (Wildman–Crippen LogP) is 0.537. The first kappa shape index (κ1) is 14.0. The van der Waals surface area contributed by atoms with Crippen molar-refractivity contribution in [1.29, 1.82) is 0 Å². The fourth-order valence-electron chi connectivity index (χ4n) is 1.50. The van der Waals surface area contributed by atoms with Crippen LogP contribution in [0.4, 0.5) is 0 Å². The molecule has 1 aromatic carbocycles. The first-order valence-electron chi connectivity index (χ1n) is 6.05. The van der Waals surface area contributed by atoms with E-state index in [-0.39, 0.29) is 12.6 Å². The van der Waals surface area contributed by atoms with Crippen molar-refractivity contribution in [2.24, 2.45) is 5.73 Å². The van der Waals surface area contributed by atoms with Gasteiger partial charge in [0.25, 0.3) is 0 Å². The van der Waals surface area contributed by atoms with E-state index in [1.807, 2.05) is 19.1 Å². The fourth-order valence-corrected chi connectivity index (χ4v) is 1.50. The second kappa shape index (κ2) is 8.06. The van der Waals surface area contributed by atoms with Gasteiger partial charge in [-0.05, 0) is 37.6 Å². The third-order valence-corrected chi connectivity index (χ3v) is 2.47. The summed E-state index contributed by atoms with van der Waals surface area (Å²) in [6, 6.07) is 7.93. The number of hydrogen-bond acceptors (Lipinski definition) is 4. The van der Waals surface area contributed by atoms with Gasteiger partial charge in [0.2, 0.25) is 0 Å². The van der Waals surface area contributed by atoms with Gasteiger partial charge in [-0.3, -0.25) is 0 Å². The molecule has 4 nitrogen and oxygen atoms in total. The van der Waals surface area contributed by atoms with Crippen LogP contribution in [0.15, 0.2) is 24.3 Å². The van der Waals surface area contributed by atoms with Gasteiger partial charge in [0, 0.05) is 12.6 Å². The Kier molecular flexibility index (Phi) is 6.62. The molecule has 0 amide bonds. The zero-order valence-electron chi connectivity index (χ0n) is 10.4. The smallest absolute Gasteiger partial charge is 0.119 e. The van der Waals surface area contributed by atoms with Gasteiger partial charge in [-0.2, -0.15) is 0 Å². The molecular weight excluding hydrogens is 216 g/mol. The first-order chi connectivity index (χ1) is 8.26. The molecule has 0 aliphatic rings. The van der Waals surface area contributed by atoms with Gasteiger partial charge in [-0.25, -0.2) is 0 Å². The molecule has 0 saturated heterocycles. The molecule has 4 heteroatoms. The summed E-state index contributed by atoms with van der Waals surface area (Å²) in [4.78, 5) is 0. The predicted molar refractivity (Wildman–Crippen MR) is 69.2 cm³/mol. The molecule has 0 saturated carbocycles. The van der Waals surface area contributed by atoms with Crippen LogP contribution in [-0.2, 0) is 6.42 Å². The fraction of sp³-hybridized carbons (Fsp3) is 0.538. The molecule has 0 aromatic heterocycles. The number of aliphatic hydroxyl groups excluding tert-OH is 1. The van der Waals surface area contributed by atoms with Crippen molar-refractivity contribution in [3.63, 3.8) is 0 Å². The van der Waals surface area contributed by atoms with Crippen molar-refractivity contribution in [2.75, 3.05) is 26.3 Å². The van der Waals surface area contributed by atoms with Crippen LogP contribution in [0.3, 0.4) is 0 Å². The molecule has 0 radical (unpaired) electrons. The molecular formula is C13H22N2O2. The van der Waals surface area contributed by atoms with Crippen LogP contribution >= 0.6 is 0 Å². The Balaban J connectivity index is 2.23. The van der Waals surface area contributed by atoms with Crippen molar-refractivity contribution in [2.45, 2.75) is 19.4 Å². The second-order valence-electron chi connectivity index (χ2n) is 3.97. The van der Waals surface area contributed by atoms with Crippen molar-refractivity contribution >= 4 is 0 Å². The Bertz CT molecular complexity index is 301. The number of aliphatic hydroxyl groups is 1. The first-order valence-corrected chi connectivity index (χ1v) is 6.05. The van der Waals surface area contributed by atoms with E-state index >= 15 is 0 Å². The number of ether oxygens (including phenoxy) is 1. The summed E-state index contributed by atoms with van der Waals surface area (Å²) >= 11 is 0. The van der Waals surface area contributed by atoms with E-state index in [4.69, 9.17) is 15.6 Å². The molecule has 96 valence electrons. The normalized spacial score (nSPS) is 12.4. The summed E-state index contributed by atoms with van der Waals surface area (Å²) in [5.74, 6) is 0.909. The van der Waals surface area contributed by atoms with Crippen LogP contribution in [0.5, 0.6) is 5.75 Å². The van der Waals surface area contributed by atoms with Crippen LogP contribution in [0.2, 0.25) is 0 Å². The van der Waals surface area contributed by atoms with E-state index in [2.05, 4.69) is 17.4 Å². The molecule has 1 aromatic rings. The largest absolute Gasteiger partial charge is 0.494 e. The lowest BCUT2D eigenvalue weighted by Crippen LogP contribution is -2.37. The third kappa shape index (κ3) is 5.68. The van der Waals surface area contributed by atoms with Crippen molar-refractivity contribution in [1.82, 2.24) is 5.32 Å². The van der Waals surface area contributed by atoms with Gasteiger partial charge in [0.1, 0.15) is 5.75 Å². The molecule has 0 heterocycles. The minimum atomic E-state index is -0.171. The van der Waals surface area contributed by atoms with Gasteiger partial charge in [0.15, 0.2) is 0 Å². The second-order valence-corrected chi connectivity index (χ2v) is 3.97. The highest BCUT2D eigenvalue weighted by Crippen LogP contribution is 2.12. The maximum Gasteiger partial charge on any atom is 0.119 e. The standard InChI is InChI=1S/C13H22N2O2/c1-2-17-13-5-3-11(4-6-13)7-8-15-9-12(14)10-16/h3-6,12,15-16H,2,7-10,14H2,1H3. The van der Waals surface area contributed by atoms with E-state index in [9.17, 15) is 0 Å². The molecule has 17 heavy (non-hydrogen) atoms. The summed E-state index contributed by atoms with van der Waals surface area (Å²) in [6.07, 6.45) is 0.949. The summed E-state index contributed by atoms with van der Waals surface area (Å²) in [5.41, 5.74) is 6.84. The lowest BCUT2D eigenvalue weighted by molar-refractivity contribution is 0.262. The van der Waals surface area contributed by atoms with Crippen LogP contribution < -0.4 is 15.8 Å². The minimum absolute atomic E-state index is 0.0239. The topological polar surface area (TPSA) is 67.5 Å². The zero-order valence-corrected chi connectivity index (χ0v) is 10.4. The maximum absolute atomic E-state index is 8.75. The molecule has 1 unspecified atom stereocenters.